The number of aryl methyl sites for hydroxylation is 1. The summed E-state index contributed by atoms with van der Waals surface area (Å²) >= 11 is 3.55. The van der Waals surface area contributed by atoms with Crippen LogP contribution in [-0.2, 0) is 13.0 Å². The van der Waals surface area contributed by atoms with Crippen LogP contribution in [0.4, 0.5) is 0 Å². The Kier molecular flexibility index (Phi) is 5.16. The van der Waals surface area contributed by atoms with E-state index in [4.69, 9.17) is 0 Å². The standard InChI is InChI=1S/C15H20BrN3/c1-3-5-15-18-8-9-19(15)14-7-6-13(16)10-12(14)11-17-4-2/h6-10,17H,3-5,11H2,1-2H3. The third kappa shape index (κ3) is 3.45. The quantitative estimate of drug-likeness (QED) is 0.879. The topological polar surface area (TPSA) is 29.9 Å². The number of hydrogen-bond donors (Lipinski definition) is 1. The summed E-state index contributed by atoms with van der Waals surface area (Å²) in [6, 6.07) is 6.41. The average molecular weight is 322 g/mol. The molecule has 102 valence electrons. The van der Waals surface area contributed by atoms with Gasteiger partial charge in [0.15, 0.2) is 0 Å². The van der Waals surface area contributed by atoms with Crippen molar-refractivity contribution in [2.75, 3.05) is 6.54 Å². The lowest BCUT2D eigenvalue weighted by Crippen LogP contribution is -2.14. The smallest absolute Gasteiger partial charge is 0.113 e. The lowest BCUT2D eigenvalue weighted by Gasteiger charge is -2.14. The van der Waals surface area contributed by atoms with Crippen molar-refractivity contribution < 1.29 is 0 Å². The van der Waals surface area contributed by atoms with E-state index in [-0.39, 0.29) is 0 Å². The van der Waals surface area contributed by atoms with Crippen LogP contribution < -0.4 is 5.32 Å². The molecule has 0 spiro atoms. The Morgan fingerprint density at radius 3 is 2.89 bits per heavy atom. The first-order chi connectivity index (χ1) is 9.26. The van der Waals surface area contributed by atoms with Crippen LogP contribution in [0.3, 0.4) is 0 Å². The molecule has 0 aliphatic rings. The van der Waals surface area contributed by atoms with Gasteiger partial charge in [0.05, 0.1) is 5.69 Å². The van der Waals surface area contributed by atoms with Crippen LogP contribution in [0.5, 0.6) is 0 Å². The van der Waals surface area contributed by atoms with E-state index in [1.165, 1.54) is 11.3 Å². The van der Waals surface area contributed by atoms with Gasteiger partial charge in [0.25, 0.3) is 0 Å². The molecule has 0 saturated carbocycles. The van der Waals surface area contributed by atoms with Gasteiger partial charge in [-0.3, -0.25) is 0 Å². The summed E-state index contributed by atoms with van der Waals surface area (Å²) in [6.45, 7) is 6.14. The number of nitrogens with zero attached hydrogens (tertiary/aromatic N) is 2. The molecule has 2 aromatic rings. The van der Waals surface area contributed by atoms with Crippen LogP contribution >= 0.6 is 15.9 Å². The van der Waals surface area contributed by atoms with Crippen molar-refractivity contribution >= 4 is 15.9 Å². The Morgan fingerprint density at radius 2 is 2.16 bits per heavy atom. The zero-order chi connectivity index (χ0) is 13.7. The molecule has 0 saturated heterocycles. The summed E-state index contributed by atoms with van der Waals surface area (Å²) < 4.78 is 3.31. The van der Waals surface area contributed by atoms with Crippen molar-refractivity contribution in [3.63, 3.8) is 0 Å². The zero-order valence-corrected chi connectivity index (χ0v) is 13.1. The molecule has 2 rings (SSSR count). The summed E-state index contributed by atoms with van der Waals surface area (Å²) in [5.41, 5.74) is 2.50. The van der Waals surface area contributed by atoms with Gasteiger partial charge in [0, 0.05) is 29.8 Å². The maximum Gasteiger partial charge on any atom is 0.113 e. The molecule has 4 heteroatoms. The van der Waals surface area contributed by atoms with E-state index in [1.807, 2.05) is 12.4 Å². The highest BCUT2D eigenvalue weighted by molar-refractivity contribution is 9.10. The molecule has 0 atom stereocenters. The van der Waals surface area contributed by atoms with Gasteiger partial charge in [0.1, 0.15) is 5.82 Å². The maximum absolute atomic E-state index is 4.46. The molecule has 0 aliphatic carbocycles. The molecule has 0 aliphatic heterocycles. The molecule has 1 aromatic heterocycles. The first-order valence-electron chi connectivity index (χ1n) is 6.78. The summed E-state index contributed by atoms with van der Waals surface area (Å²) in [7, 11) is 0. The number of rotatable bonds is 6. The Balaban J connectivity index is 2.39. The summed E-state index contributed by atoms with van der Waals surface area (Å²) in [6.07, 6.45) is 6.04. The first-order valence-corrected chi connectivity index (χ1v) is 7.57. The van der Waals surface area contributed by atoms with E-state index >= 15 is 0 Å². The second-order valence-corrected chi connectivity index (χ2v) is 5.43. The van der Waals surface area contributed by atoms with Crippen molar-refractivity contribution in [2.24, 2.45) is 0 Å². The molecule has 0 radical (unpaired) electrons. The number of imidazole rings is 1. The van der Waals surface area contributed by atoms with Gasteiger partial charge in [-0.2, -0.15) is 0 Å². The van der Waals surface area contributed by atoms with Gasteiger partial charge < -0.3 is 9.88 Å². The van der Waals surface area contributed by atoms with Crippen molar-refractivity contribution in [3.05, 3.63) is 46.5 Å². The third-order valence-corrected chi connectivity index (χ3v) is 3.55. The monoisotopic (exact) mass is 321 g/mol. The van der Waals surface area contributed by atoms with Crippen molar-refractivity contribution in [3.8, 4) is 5.69 Å². The molecule has 1 N–H and O–H groups in total. The largest absolute Gasteiger partial charge is 0.313 e. The van der Waals surface area contributed by atoms with E-state index in [0.717, 1.165) is 36.2 Å². The summed E-state index contributed by atoms with van der Waals surface area (Å²) in [5, 5.41) is 3.39. The highest BCUT2D eigenvalue weighted by Gasteiger charge is 2.09. The second-order valence-electron chi connectivity index (χ2n) is 4.52. The Bertz CT molecular complexity index is 534. The fourth-order valence-corrected chi connectivity index (χ4v) is 2.56. The predicted molar refractivity (Wildman–Crippen MR) is 82.6 cm³/mol. The number of hydrogen-bond acceptors (Lipinski definition) is 2. The molecular formula is C15H20BrN3. The molecule has 1 heterocycles. The highest BCUT2D eigenvalue weighted by Crippen LogP contribution is 2.22. The average Bonchev–Trinajstić information content (AvgIpc) is 2.85. The lowest BCUT2D eigenvalue weighted by molar-refractivity contribution is 0.717. The zero-order valence-electron chi connectivity index (χ0n) is 11.5. The molecule has 3 nitrogen and oxygen atoms in total. The number of nitrogens with one attached hydrogen (secondary N) is 1. The van der Waals surface area contributed by atoms with Crippen molar-refractivity contribution in [1.29, 1.82) is 0 Å². The molecular weight excluding hydrogens is 302 g/mol. The fourth-order valence-electron chi connectivity index (χ4n) is 2.15. The van der Waals surface area contributed by atoms with Crippen LogP contribution in [0.15, 0.2) is 35.1 Å². The predicted octanol–water partition coefficient (Wildman–Crippen LogP) is 3.70. The lowest BCUT2D eigenvalue weighted by atomic mass is 10.1. The van der Waals surface area contributed by atoms with Gasteiger partial charge in [0.2, 0.25) is 0 Å². The third-order valence-electron chi connectivity index (χ3n) is 3.06. The van der Waals surface area contributed by atoms with E-state index in [1.54, 1.807) is 0 Å². The SMILES string of the molecule is CCCc1nccn1-c1ccc(Br)cc1CNCC. The van der Waals surface area contributed by atoms with Gasteiger partial charge >= 0.3 is 0 Å². The van der Waals surface area contributed by atoms with Crippen LogP contribution in [0.25, 0.3) is 5.69 Å². The minimum atomic E-state index is 0.870. The Hall–Kier alpha value is -1.13. The summed E-state index contributed by atoms with van der Waals surface area (Å²) in [4.78, 5) is 4.46. The second kappa shape index (κ2) is 6.87. The van der Waals surface area contributed by atoms with Crippen LogP contribution in [-0.4, -0.2) is 16.1 Å². The van der Waals surface area contributed by atoms with Crippen LogP contribution in [0.2, 0.25) is 0 Å². The van der Waals surface area contributed by atoms with Crippen LogP contribution in [0, 0.1) is 0 Å². The van der Waals surface area contributed by atoms with Gasteiger partial charge in [-0.25, -0.2) is 4.98 Å². The highest BCUT2D eigenvalue weighted by atomic mass is 79.9. The molecule has 0 bridgehead atoms. The fraction of sp³-hybridized carbons (Fsp3) is 0.400. The first kappa shape index (κ1) is 14.3. The van der Waals surface area contributed by atoms with Gasteiger partial charge in [-0.15, -0.1) is 0 Å². The van der Waals surface area contributed by atoms with Crippen molar-refractivity contribution in [1.82, 2.24) is 14.9 Å². The number of halogens is 1. The van der Waals surface area contributed by atoms with E-state index in [2.05, 4.69) is 62.8 Å². The number of benzene rings is 1. The molecule has 0 fully saturated rings. The minimum Gasteiger partial charge on any atom is -0.313 e. The van der Waals surface area contributed by atoms with Crippen molar-refractivity contribution in [2.45, 2.75) is 33.2 Å². The van der Waals surface area contributed by atoms with E-state index in [9.17, 15) is 0 Å². The summed E-state index contributed by atoms with van der Waals surface area (Å²) in [5.74, 6) is 1.13. The maximum atomic E-state index is 4.46. The van der Waals surface area contributed by atoms with Gasteiger partial charge in [-0.05, 0) is 36.7 Å². The van der Waals surface area contributed by atoms with E-state index in [0.29, 0.717) is 0 Å². The Labute approximate surface area is 123 Å². The van der Waals surface area contributed by atoms with Crippen LogP contribution in [0.1, 0.15) is 31.7 Å². The minimum absolute atomic E-state index is 0.870. The van der Waals surface area contributed by atoms with Gasteiger partial charge in [-0.1, -0.05) is 29.8 Å². The molecule has 0 amide bonds. The normalized spacial score (nSPS) is 10.9. The number of aromatic nitrogens is 2. The molecule has 1 aromatic carbocycles. The molecule has 0 unspecified atom stereocenters. The Morgan fingerprint density at radius 1 is 1.32 bits per heavy atom. The molecule has 19 heavy (non-hydrogen) atoms. The van der Waals surface area contributed by atoms with E-state index < -0.39 is 0 Å².